The molecule has 0 bridgehead atoms. The van der Waals surface area contributed by atoms with Gasteiger partial charge in [-0.3, -0.25) is 4.90 Å². The summed E-state index contributed by atoms with van der Waals surface area (Å²) in [5, 5.41) is 3.45. The van der Waals surface area contributed by atoms with Crippen LogP contribution in [0.5, 0.6) is 0 Å². The van der Waals surface area contributed by atoms with E-state index in [1.165, 1.54) is 61.0 Å². The number of piperidine rings is 1. The average molecular weight is 346 g/mol. The topological polar surface area (TPSA) is 15.3 Å². The van der Waals surface area contributed by atoms with E-state index in [4.69, 9.17) is 0 Å². The van der Waals surface area contributed by atoms with Gasteiger partial charge in [-0.2, -0.15) is 0 Å². The number of nitrogens with zero attached hydrogens (tertiary/aromatic N) is 1. The van der Waals surface area contributed by atoms with Crippen molar-refractivity contribution >= 4 is 28.3 Å². The molecule has 1 N–H and O–H groups in total. The van der Waals surface area contributed by atoms with Crippen molar-refractivity contribution in [3.8, 4) is 0 Å². The Morgan fingerprint density at radius 1 is 1.26 bits per heavy atom. The van der Waals surface area contributed by atoms with Crippen LogP contribution in [0.1, 0.15) is 24.0 Å². The molecule has 2 nitrogen and oxygen atoms in total. The van der Waals surface area contributed by atoms with E-state index in [-0.39, 0.29) is 12.4 Å². The van der Waals surface area contributed by atoms with Crippen LogP contribution < -0.4 is 5.32 Å². The third kappa shape index (κ3) is 3.72. The minimum Gasteiger partial charge on any atom is -0.317 e. The van der Waals surface area contributed by atoms with E-state index >= 15 is 0 Å². The van der Waals surface area contributed by atoms with E-state index in [0.717, 1.165) is 12.5 Å². The van der Waals surface area contributed by atoms with Crippen LogP contribution >= 0.6 is 28.3 Å². The molecule has 1 fully saturated rings. The normalized spacial score (nSPS) is 20.7. The van der Waals surface area contributed by atoms with E-state index in [0.29, 0.717) is 0 Å². The molecular weight excluding hydrogens is 324 g/mol. The van der Waals surface area contributed by atoms with Crippen LogP contribution in [-0.4, -0.2) is 31.1 Å². The fraction of sp³-hybridized carbons (Fsp3) is 0.600. The first-order chi connectivity index (χ1) is 8.83. The lowest BCUT2D eigenvalue weighted by atomic mass is 9.95. The van der Waals surface area contributed by atoms with Gasteiger partial charge in [0.05, 0.1) is 0 Å². The predicted octanol–water partition coefficient (Wildman–Crippen LogP) is 3.23. The Balaban J connectivity index is 0.00000133. The lowest BCUT2D eigenvalue weighted by molar-refractivity contribution is 0.191. The first-order valence-corrected chi connectivity index (χ1v) is 7.81. The third-order valence-electron chi connectivity index (χ3n) is 4.27. The molecule has 3 rings (SSSR count). The summed E-state index contributed by atoms with van der Waals surface area (Å²) in [5.41, 5.74) is 3.05. The van der Waals surface area contributed by atoms with Gasteiger partial charge in [0, 0.05) is 24.1 Å². The molecule has 2 aliphatic rings. The molecular formula is C15H22BrClN2. The highest BCUT2D eigenvalue weighted by Crippen LogP contribution is 2.27. The highest BCUT2D eigenvalue weighted by Gasteiger charge is 2.21. The first-order valence-electron chi connectivity index (χ1n) is 7.02. The standard InChI is InChI=1S/C15H21BrN2.ClH/c16-15-3-1-2-13-6-9-18(11-14(13)15)10-12-4-7-17-8-5-12;/h1-3,12,17H,4-11H2;1H. The molecule has 1 saturated heterocycles. The molecule has 1 aromatic rings. The minimum atomic E-state index is 0. The van der Waals surface area contributed by atoms with Crippen LogP contribution in [0.3, 0.4) is 0 Å². The van der Waals surface area contributed by atoms with Crippen molar-refractivity contribution in [2.45, 2.75) is 25.8 Å². The molecule has 0 spiro atoms. The number of hydrogen-bond donors (Lipinski definition) is 1. The molecule has 0 amide bonds. The van der Waals surface area contributed by atoms with Gasteiger partial charge in [0.1, 0.15) is 0 Å². The second-order valence-electron chi connectivity index (χ2n) is 5.56. The number of fused-ring (bicyclic) bond motifs is 1. The maximum Gasteiger partial charge on any atom is 0.0247 e. The molecule has 0 aliphatic carbocycles. The van der Waals surface area contributed by atoms with Crippen molar-refractivity contribution in [3.05, 3.63) is 33.8 Å². The molecule has 1 aromatic carbocycles. The molecule has 106 valence electrons. The fourth-order valence-corrected chi connectivity index (χ4v) is 3.71. The molecule has 0 radical (unpaired) electrons. The van der Waals surface area contributed by atoms with E-state index < -0.39 is 0 Å². The Morgan fingerprint density at radius 2 is 2.05 bits per heavy atom. The smallest absolute Gasteiger partial charge is 0.0247 e. The van der Waals surface area contributed by atoms with Gasteiger partial charge >= 0.3 is 0 Å². The van der Waals surface area contributed by atoms with Crippen LogP contribution in [0.2, 0.25) is 0 Å². The second kappa shape index (κ2) is 7.07. The zero-order valence-corrected chi connectivity index (χ0v) is 13.6. The SMILES string of the molecule is Brc1cccc2c1CN(CC1CCNCC1)CC2.Cl. The van der Waals surface area contributed by atoms with Crippen molar-refractivity contribution < 1.29 is 0 Å². The Bertz CT molecular complexity index is 419. The number of halogens is 2. The van der Waals surface area contributed by atoms with Crippen LogP contribution in [0.25, 0.3) is 0 Å². The van der Waals surface area contributed by atoms with Crippen LogP contribution in [0.4, 0.5) is 0 Å². The quantitative estimate of drug-likeness (QED) is 0.885. The fourth-order valence-electron chi connectivity index (χ4n) is 3.18. The Kier molecular flexibility index (Phi) is 5.70. The molecule has 4 heteroatoms. The number of hydrogen-bond acceptors (Lipinski definition) is 2. The van der Waals surface area contributed by atoms with Crippen molar-refractivity contribution in [3.63, 3.8) is 0 Å². The monoisotopic (exact) mass is 344 g/mol. The zero-order valence-electron chi connectivity index (χ0n) is 11.2. The molecule has 0 saturated carbocycles. The number of benzene rings is 1. The van der Waals surface area contributed by atoms with Gasteiger partial charge in [0.15, 0.2) is 0 Å². The number of rotatable bonds is 2. The van der Waals surface area contributed by atoms with Gasteiger partial charge in [-0.05, 0) is 55.5 Å². The molecule has 0 aromatic heterocycles. The summed E-state index contributed by atoms with van der Waals surface area (Å²) in [6.07, 6.45) is 3.90. The lowest BCUT2D eigenvalue weighted by Crippen LogP contribution is -2.38. The summed E-state index contributed by atoms with van der Waals surface area (Å²) in [4.78, 5) is 2.64. The summed E-state index contributed by atoms with van der Waals surface area (Å²) in [5.74, 6) is 0.898. The predicted molar refractivity (Wildman–Crippen MR) is 86.0 cm³/mol. The van der Waals surface area contributed by atoms with Crippen molar-refractivity contribution in [1.29, 1.82) is 0 Å². The van der Waals surface area contributed by atoms with Gasteiger partial charge in [0.2, 0.25) is 0 Å². The van der Waals surface area contributed by atoms with Crippen LogP contribution in [0, 0.1) is 5.92 Å². The van der Waals surface area contributed by atoms with Crippen molar-refractivity contribution in [1.82, 2.24) is 10.2 Å². The van der Waals surface area contributed by atoms with Gasteiger partial charge in [0.25, 0.3) is 0 Å². The second-order valence-corrected chi connectivity index (χ2v) is 6.41. The number of nitrogens with one attached hydrogen (secondary N) is 1. The maximum atomic E-state index is 3.70. The largest absolute Gasteiger partial charge is 0.317 e. The Labute approximate surface area is 130 Å². The molecule has 0 unspecified atom stereocenters. The summed E-state index contributed by atoms with van der Waals surface area (Å²) in [7, 11) is 0. The van der Waals surface area contributed by atoms with Gasteiger partial charge in [-0.15, -0.1) is 12.4 Å². The Morgan fingerprint density at radius 3 is 2.84 bits per heavy atom. The van der Waals surface area contributed by atoms with Crippen molar-refractivity contribution in [2.24, 2.45) is 5.92 Å². The average Bonchev–Trinajstić information content (AvgIpc) is 2.41. The zero-order chi connectivity index (χ0) is 12.4. The van der Waals surface area contributed by atoms with E-state index in [1.807, 2.05) is 0 Å². The van der Waals surface area contributed by atoms with Gasteiger partial charge in [-0.1, -0.05) is 28.1 Å². The first kappa shape index (κ1) is 15.3. The van der Waals surface area contributed by atoms with Gasteiger partial charge < -0.3 is 5.32 Å². The van der Waals surface area contributed by atoms with E-state index in [2.05, 4.69) is 44.3 Å². The van der Waals surface area contributed by atoms with Crippen LogP contribution in [0.15, 0.2) is 22.7 Å². The lowest BCUT2D eigenvalue weighted by Gasteiger charge is -2.33. The molecule has 2 aliphatic heterocycles. The molecule has 0 atom stereocenters. The third-order valence-corrected chi connectivity index (χ3v) is 5.01. The molecule has 2 heterocycles. The summed E-state index contributed by atoms with van der Waals surface area (Å²) in [6, 6.07) is 6.61. The highest BCUT2D eigenvalue weighted by molar-refractivity contribution is 9.10. The van der Waals surface area contributed by atoms with Crippen molar-refractivity contribution in [2.75, 3.05) is 26.2 Å². The van der Waals surface area contributed by atoms with E-state index in [1.54, 1.807) is 0 Å². The maximum absolute atomic E-state index is 3.70. The van der Waals surface area contributed by atoms with E-state index in [9.17, 15) is 0 Å². The minimum absolute atomic E-state index is 0. The molecule has 19 heavy (non-hydrogen) atoms. The van der Waals surface area contributed by atoms with Gasteiger partial charge in [-0.25, -0.2) is 0 Å². The van der Waals surface area contributed by atoms with Crippen LogP contribution in [-0.2, 0) is 13.0 Å². The highest BCUT2D eigenvalue weighted by atomic mass is 79.9. The summed E-state index contributed by atoms with van der Waals surface area (Å²) in [6.45, 7) is 6.05. The Hall–Kier alpha value is -0.0900. The summed E-state index contributed by atoms with van der Waals surface area (Å²) >= 11 is 3.70. The summed E-state index contributed by atoms with van der Waals surface area (Å²) < 4.78 is 1.29.